The quantitative estimate of drug-likeness (QED) is 0.794. The number of ether oxygens (including phenoxy) is 1. The van der Waals surface area contributed by atoms with Gasteiger partial charge in [0, 0.05) is 12.1 Å². The Labute approximate surface area is 127 Å². The number of fused-ring (bicyclic) bond motifs is 3. The first-order valence-corrected chi connectivity index (χ1v) is 7.16. The van der Waals surface area contributed by atoms with Crippen molar-refractivity contribution in [2.24, 2.45) is 0 Å². The lowest BCUT2D eigenvalue weighted by Gasteiger charge is -2.33. The third kappa shape index (κ3) is 2.49. The summed E-state index contributed by atoms with van der Waals surface area (Å²) < 4.78 is 4.47. The molecule has 0 bridgehead atoms. The average Bonchev–Trinajstić information content (AvgIpc) is 3.02. The Morgan fingerprint density at radius 2 is 2.27 bits per heavy atom. The third-order valence-corrected chi connectivity index (χ3v) is 4.00. The van der Waals surface area contributed by atoms with Gasteiger partial charge in [-0.1, -0.05) is 0 Å². The molecule has 1 fully saturated rings. The third-order valence-electron chi connectivity index (χ3n) is 4.00. The highest BCUT2D eigenvalue weighted by molar-refractivity contribution is 6.06. The molecule has 0 unspecified atom stereocenters. The van der Waals surface area contributed by atoms with Gasteiger partial charge in [0.15, 0.2) is 0 Å². The minimum Gasteiger partial charge on any atom is -0.468 e. The van der Waals surface area contributed by atoms with Crippen LogP contribution in [-0.4, -0.2) is 44.0 Å². The van der Waals surface area contributed by atoms with Crippen LogP contribution >= 0.6 is 0 Å². The van der Waals surface area contributed by atoms with Crippen molar-refractivity contribution < 1.29 is 19.1 Å². The minimum atomic E-state index is -0.514. The fraction of sp³-hybridized carbons (Fsp3) is 0.400. The van der Waals surface area contributed by atoms with Crippen molar-refractivity contribution in [3.63, 3.8) is 0 Å². The number of carbonyl (C=O) groups is 3. The molecule has 7 heteroatoms. The van der Waals surface area contributed by atoms with Crippen LogP contribution in [0.1, 0.15) is 23.2 Å². The average molecular weight is 303 g/mol. The van der Waals surface area contributed by atoms with Gasteiger partial charge in [0.25, 0.3) is 5.91 Å². The maximum atomic E-state index is 12.1. The van der Waals surface area contributed by atoms with Crippen molar-refractivity contribution in [1.82, 2.24) is 5.32 Å². The van der Waals surface area contributed by atoms with E-state index in [9.17, 15) is 14.4 Å². The van der Waals surface area contributed by atoms with Crippen LogP contribution in [0.3, 0.4) is 0 Å². The van der Waals surface area contributed by atoms with E-state index >= 15 is 0 Å². The SMILES string of the molecule is COC(=O)CNC(=O)c1ccc2c(c1)NC(=O)[C@@H]1CCCN21. The van der Waals surface area contributed by atoms with Crippen molar-refractivity contribution in [3.8, 4) is 0 Å². The number of amides is 2. The Morgan fingerprint density at radius 3 is 3.05 bits per heavy atom. The lowest BCUT2D eigenvalue weighted by atomic mass is 10.1. The van der Waals surface area contributed by atoms with E-state index in [0.29, 0.717) is 11.3 Å². The lowest BCUT2D eigenvalue weighted by Crippen LogP contribution is -2.44. The largest absolute Gasteiger partial charge is 0.468 e. The Kier molecular flexibility index (Phi) is 3.70. The van der Waals surface area contributed by atoms with E-state index in [1.807, 2.05) is 6.07 Å². The van der Waals surface area contributed by atoms with Crippen molar-refractivity contribution >= 4 is 29.2 Å². The number of hydrogen-bond acceptors (Lipinski definition) is 5. The zero-order chi connectivity index (χ0) is 15.7. The van der Waals surface area contributed by atoms with Crippen LogP contribution in [0.25, 0.3) is 0 Å². The van der Waals surface area contributed by atoms with E-state index in [1.165, 1.54) is 7.11 Å². The lowest BCUT2D eigenvalue weighted by molar-refractivity contribution is -0.139. The molecular formula is C15H17N3O4. The highest BCUT2D eigenvalue weighted by Crippen LogP contribution is 2.37. The predicted octanol–water partition coefficient (Wildman–Crippen LogP) is 0.510. The first kappa shape index (κ1) is 14.4. The standard InChI is InChI=1S/C15H17N3O4/c1-22-13(19)8-16-14(20)9-4-5-11-10(7-9)17-15(21)12-3-2-6-18(11)12/h4-5,7,12H,2-3,6,8H2,1H3,(H,16,20)(H,17,21)/t12-/m0/s1. The number of esters is 1. The molecule has 2 heterocycles. The monoisotopic (exact) mass is 303 g/mol. The van der Waals surface area contributed by atoms with Gasteiger partial charge in [-0.05, 0) is 31.0 Å². The molecule has 2 N–H and O–H groups in total. The Morgan fingerprint density at radius 1 is 1.45 bits per heavy atom. The van der Waals surface area contributed by atoms with Crippen LogP contribution in [0.5, 0.6) is 0 Å². The van der Waals surface area contributed by atoms with E-state index in [-0.39, 0.29) is 24.4 Å². The maximum absolute atomic E-state index is 12.1. The Balaban J connectivity index is 1.79. The molecule has 22 heavy (non-hydrogen) atoms. The van der Waals surface area contributed by atoms with Crippen LogP contribution in [0.4, 0.5) is 11.4 Å². The van der Waals surface area contributed by atoms with Gasteiger partial charge in [0.1, 0.15) is 12.6 Å². The normalized spacial score (nSPS) is 19.0. The van der Waals surface area contributed by atoms with Crippen LogP contribution in [0.2, 0.25) is 0 Å². The second-order valence-electron chi connectivity index (χ2n) is 5.33. The molecule has 7 nitrogen and oxygen atoms in total. The summed E-state index contributed by atoms with van der Waals surface area (Å²) in [6.07, 6.45) is 1.84. The van der Waals surface area contributed by atoms with Gasteiger partial charge in [-0.3, -0.25) is 14.4 Å². The minimum absolute atomic E-state index is 0.0304. The summed E-state index contributed by atoms with van der Waals surface area (Å²) in [4.78, 5) is 37.2. The summed E-state index contributed by atoms with van der Waals surface area (Å²) in [7, 11) is 1.26. The molecule has 0 aliphatic carbocycles. The molecule has 1 aromatic rings. The smallest absolute Gasteiger partial charge is 0.325 e. The van der Waals surface area contributed by atoms with E-state index < -0.39 is 5.97 Å². The molecule has 1 aromatic carbocycles. The molecule has 0 radical (unpaired) electrons. The van der Waals surface area contributed by atoms with Crippen molar-refractivity contribution in [3.05, 3.63) is 23.8 Å². The van der Waals surface area contributed by atoms with Gasteiger partial charge < -0.3 is 20.3 Å². The Hall–Kier alpha value is -2.57. The van der Waals surface area contributed by atoms with Crippen LogP contribution in [0, 0.1) is 0 Å². The number of nitrogens with one attached hydrogen (secondary N) is 2. The summed E-state index contributed by atoms with van der Waals surface area (Å²) in [5, 5.41) is 5.32. The fourth-order valence-electron chi connectivity index (χ4n) is 2.90. The highest BCUT2D eigenvalue weighted by Gasteiger charge is 2.36. The number of methoxy groups -OCH3 is 1. The second-order valence-corrected chi connectivity index (χ2v) is 5.33. The van der Waals surface area contributed by atoms with Gasteiger partial charge in [-0.2, -0.15) is 0 Å². The van der Waals surface area contributed by atoms with Gasteiger partial charge in [-0.15, -0.1) is 0 Å². The van der Waals surface area contributed by atoms with Crippen molar-refractivity contribution in [2.45, 2.75) is 18.9 Å². The van der Waals surface area contributed by atoms with Crippen molar-refractivity contribution in [2.75, 3.05) is 30.4 Å². The number of hydrogen-bond donors (Lipinski definition) is 2. The summed E-state index contributed by atoms with van der Waals surface area (Å²) in [6, 6.07) is 5.05. The fourth-order valence-corrected chi connectivity index (χ4v) is 2.90. The predicted molar refractivity (Wildman–Crippen MR) is 79.8 cm³/mol. The van der Waals surface area contributed by atoms with Crippen molar-refractivity contribution in [1.29, 1.82) is 0 Å². The number of anilines is 2. The van der Waals surface area contributed by atoms with E-state index in [0.717, 1.165) is 25.1 Å². The molecule has 0 spiro atoms. The number of rotatable bonds is 3. The molecule has 2 aliphatic rings. The highest BCUT2D eigenvalue weighted by atomic mass is 16.5. The topological polar surface area (TPSA) is 87.7 Å². The summed E-state index contributed by atoms with van der Waals surface area (Å²) >= 11 is 0. The Bertz CT molecular complexity index is 644. The van der Waals surface area contributed by atoms with Crippen LogP contribution in [-0.2, 0) is 14.3 Å². The van der Waals surface area contributed by atoms with Gasteiger partial charge >= 0.3 is 5.97 Å². The van der Waals surface area contributed by atoms with E-state index in [2.05, 4.69) is 20.3 Å². The van der Waals surface area contributed by atoms with Crippen LogP contribution < -0.4 is 15.5 Å². The number of carbonyl (C=O) groups excluding carboxylic acids is 3. The molecule has 2 aliphatic heterocycles. The number of benzene rings is 1. The summed E-state index contributed by atoms with van der Waals surface area (Å²) in [5.41, 5.74) is 1.96. The molecular weight excluding hydrogens is 286 g/mol. The van der Waals surface area contributed by atoms with Gasteiger partial charge in [0.05, 0.1) is 18.5 Å². The molecule has 116 valence electrons. The van der Waals surface area contributed by atoms with Gasteiger partial charge in [0.2, 0.25) is 5.91 Å². The maximum Gasteiger partial charge on any atom is 0.325 e. The summed E-state index contributed by atoms with van der Waals surface area (Å²) in [5.74, 6) is -0.928. The molecule has 0 aromatic heterocycles. The molecule has 2 amide bonds. The zero-order valence-electron chi connectivity index (χ0n) is 12.2. The number of nitrogens with zero attached hydrogens (tertiary/aromatic N) is 1. The molecule has 3 rings (SSSR count). The first-order valence-electron chi connectivity index (χ1n) is 7.16. The summed E-state index contributed by atoms with van der Waals surface area (Å²) in [6.45, 7) is 0.659. The first-order chi connectivity index (χ1) is 10.6. The van der Waals surface area contributed by atoms with E-state index in [1.54, 1.807) is 12.1 Å². The molecule has 1 atom stereocenters. The zero-order valence-corrected chi connectivity index (χ0v) is 12.2. The molecule has 1 saturated heterocycles. The second kappa shape index (κ2) is 5.67. The van der Waals surface area contributed by atoms with E-state index in [4.69, 9.17) is 0 Å². The molecule has 0 saturated carbocycles. The van der Waals surface area contributed by atoms with Crippen LogP contribution in [0.15, 0.2) is 18.2 Å². The van der Waals surface area contributed by atoms with Gasteiger partial charge in [-0.25, -0.2) is 0 Å².